The van der Waals surface area contributed by atoms with Crippen molar-refractivity contribution in [2.75, 3.05) is 0 Å². The second-order valence-corrected chi connectivity index (χ2v) is 14.8. The Kier molecular flexibility index (Phi) is 6.66. The third-order valence-electron chi connectivity index (χ3n) is 11.8. The normalized spacial score (nSPS) is 11.9. The minimum Gasteiger partial charge on any atom is -0.245 e. The Morgan fingerprint density at radius 2 is 0.714 bits per heavy atom. The molecule has 2 heterocycles. The SMILES string of the molecule is c1ccc(-c2c3ccccc3nc3c2ccc2ccc(-c4c5ccccc5c(-c5ccc6c7ccccc7c7ccccc7c6c5)c5ccccc45)nc23)cc1. The molecule has 0 aliphatic carbocycles. The van der Waals surface area contributed by atoms with Crippen molar-refractivity contribution in [2.45, 2.75) is 0 Å². The van der Waals surface area contributed by atoms with Crippen LogP contribution in [0.1, 0.15) is 0 Å². The number of fused-ring (bicyclic) bond motifs is 12. The van der Waals surface area contributed by atoms with E-state index in [1.165, 1.54) is 76.1 Å². The van der Waals surface area contributed by atoms with Gasteiger partial charge in [0.05, 0.1) is 22.2 Å². The molecule has 0 unspecified atom stereocenters. The van der Waals surface area contributed by atoms with Crippen LogP contribution in [0.25, 0.3) is 120 Å². The van der Waals surface area contributed by atoms with Crippen molar-refractivity contribution in [1.29, 1.82) is 0 Å². The first-order chi connectivity index (χ1) is 27.8. The minimum atomic E-state index is 0.911. The molecule has 0 amide bonds. The summed E-state index contributed by atoms with van der Waals surface area (Å²) in [6.45, 7) is 0. The number of para-hydroxylation sites is 1. The zero-order valence-electron chi connectivity index (χ0n) is 30.4. The van der Waals surface area contributed by atoms with Crippen molar-refractivity contribution in [1.82, 2.24) is 9.97 Å². The molecule has 0 aliphatic rings. The fourth-order valence-electron chi connectivity index (χ4n) is 9.37. The third-order valence-corrected chi connectivity index (χ3v) is 11.8. The topological polar surface area (TPSA) is 25.8 Å². The van der Waals surface area contributed by atoms with Crippen molar-refractivity contribution >= 4 is 86.6 Å². The number of hydrogen-bond donors (Lipinski definition) is 0. The molecule has 0 bridgehead atoms. The summed E-state index contributed by atoms with van der Waals surface area (Å²) in [4.78, 5) is 10.9. The molecule has 2 aromatic heterocycles. The predicted molar refractivity (Wildman–Crippen MR) is 238 cm³/mol. The standard InChI is InChI=1S/C54H32N2/c1-2-14-33(15-3-1)50-45-24-12-13-25-48(45)55-54-46(50)30-26-34-28-31-49(56-53(34)54)52-43-22-10-8-20-41(43)51(42-21-9-11-23-44(42)52)35-27-29-40-38-18-5-4-16-36(38)37-17-6-7-19-39(37)47(40)32-35/h1-32H. The quantitative estimate of drug-likeness (QED) is 0.135. The van der Waals surface area contributed by atoms with Crippen LogP contribution in [0.2, 0.25) is 0 Å². The van der Waals surface area contributed by atoms with Gasteiger partial charge in [0, 0.05) is 27.3 Å². The van der Waals surface area contributed by atoms with Crippen molar-refractivity contribution in [3.8, 4) is 33.5 Å². The summed E-state index contributed by atoms with van der Waals surface area (Å²) < 4.78 is 0. The summed E-state index contributed by atoms with van der Waals surface area (Å²) in [6.07, 6.45) is 0. The van der Waals surface area contributed by atoms with Crippen LogP contribution in [0.15, 0.2) is 194 Å². The van der Waals surface area contributed by atoms with Gasteiger partial charge < -0.3 is 0 Å². The Morgan fingerprint density at radius 3 is 1.36 bits per heavy atom. The fraction of sp³-hybridized carbons (Fsp3) is 0. The van der Waals surface area contributed by atoms with E-state index >= 15 is 0 Å². The largest absolute Gasteiger partial charge is 0.245 e. The molecule has 2 nitrogen and oxygen atoms in total. The number of pyridine rings is 2. The smallest absolute Gasteiger partial charge is 0.0978 e. The van der Waals surface area contributed by atoms with Crippen molar-refractivity contribution in [3.05, 3.63) is 194 Å². The lowest BCUT2D eigenvalue weighted by Gasteiger charge is -2.19. The molecule has 0 spiro atoms. The minimum absolute atomic E-state index is 0.911. The molecular weight excluding hydrogens is 677 g/mol. The lowest BCUT2D eigenvalue weighted by Crippen LogP contribution is -1.95. The van der Waals surface area contributed by atoms with Gasteiger partial charge in [-0.1, -0.05) is 176 Å². The molecule has 0 aliphatic heterocycles. The van der Waals surface area contributed by atoms with Crippen molar-refractivity contribution in [2.24, 2.45) is 0 Å². The highest BCUT2D eigenvalue weighted by Gasteiger charge is 2.20. The second-order valence-electron chi connectivity index (χ2n) is 14.8. The number of aromatic nitrogens is 2. The van der Waals surface area contributed by atoms with E-state index in [0.717, 1.165) is 44.0 Å². The van der Waals surface area contributed by atoms with Crippen molar-refractivity contribution < 1.29 is 0 Å². The highest BCUT2D eigenvalue weighted by atomic mass is 14.8. The molecular formula is C54H32N2. The zero-order valence-corrected chi connectivity index (χ0v) is 30.4. The molecule has 12 rings (SSSR count). The van der Waals surface area contributed by atoms with Gasteiger partial charge in [-0.3, -0.25) is 0 Å². The summed E-state index contributed by atoms with van der Waals surface area (Å²) in [6, 6.07) is 70.3. The molecule has 0 saturated heterocycles. The first-order valence-corrected chi connectivity index (χ1v) is 19.3. The van der Waals surface area contributed by atoms with Gasteiger partial charge in [0.2, 0.25) is 0 Å². The van der Waals surface area contributed by atoms with Gasteiger partial charge in [-0.2, -0.15) is 0 Å². The van der Waals surface area contributed by atoms with E-state index in [1.807, 2.05) is 0 Å². The van der Waals surface area contributed by atoms with Gasteiger partial charge in [-0.05, 0) is 88.8 Å². The Hall–Kier alpha value is -7.42. The molecule has 0 saturated carbocycles. The maximum atomic E-state index is 5.56. The van der Waals surface area contributed by atoms with Crippen LogP contribution in [0.3, 0.4) is 0 Å². The molecule has 0 atom stereocenters. The molecule has 0 fully saturated rings. The number of rotatable bonds is 3. The van der Waals surface area contributed by atoms with Crippen LogP contribution in [-0.2, 0) is 0 Å². The number of hydrogen-bond acceptors (Lipinski definition) is 2. The summed E-state index contributed by atoms with van der Waals surface area (Å²) in [5, 5.41) is 15.8. The van der Waals surface area contributed by atoms with Gasteiger partial charge >= 0.3 is 0 Å². The number of benzene rings is 10. The first-order valence-electron chi connectivity index (χ1n) is 19.3. The fourth-order valence-corrected chi connectivity index (χ4v) is 9.37. The maximum Gasteiger partial charge on any atom is 0.0978 e. The Labute approximate surface area is 322 Å². The predicted octanol–water partition coefficient (Wildman–Crippen LogP) is 14.7. The van der Waals surface area contributed by atoms with Crippen LogP contribution < -0.4 is 0 Å². The van der Waals surface area contributed by atoms with Crippen LogP contribution in [0, 0.1) is 0 Å². The molecule has 56 heavy (non-hydrogen) atoms. The van der Waals surface area contributed by atoms with Crippen LogP contribution >= 0.6 is 0 Å². The van der Waals surface area contributed by atoms with E-state index < -0.39 is 0 Å². The molecule has 258 valence electrons. The average molecular weight is 709 g/mol. The lowest BCUT2D eigenvalue weighted by molar-refractivity contribution is 1.40. The highest BCUT2D eigenvalue weighted by Crippen LogP contribution is 2.46. The van der Waals surface area contributed by atoms with E-state index in [9.17, 15) is 0 Å². The van der Waals surface area contributed by atoms with Gasteiger partial charge in [-0.15, -0.1) is 0 Å². The molecule has 10 aromatic carbocycles. The Balaban J connectivity index is 1.14. The van der Waals surface area contributed by atoms with Crippen LogP contribution in [0.4, 0.5) is 0 Å². The molecule has 0 N–H and O–H groups in total. The Morgan fingerprint density at radius 1 is 0.250 bits per heavy atom. The van der Waals surface area contributed by atoms with Gasteiger partial charge in [0.15, 0.2) is 0 Å². The van der Waals surface area contributed by atoms with E-state index in [-0.39, 0.29) is 0 Å². The summed E-state index contributed by atoms with van der Waals surface area (Å²) in [5.41, 5.74) is 9.69. The zero-order chi connectivity index (χ0) is 36.7. The lowest BCUT2D eigenvalue weighted by atomic mass is 9.85. The van der Waals surface area contributed by atoms with Crippen molar-refractivity contribution in [3.63, 3.8) is 0 Å². The van der Waals surface area contributed by atoms with Crippen LogP contribution in [0.5, 0.6) is 0 Å². The first kappa shape index (κ1) is 31.0. The van der Waals surface area contributed by atoms with E-state index in [0.29, 0.717) is 0 Å². The van der Waals surface area contributed by atoms with E-state index in [2.05, 4.69) is 194 Å². The van der Waals surface area contributed by atoms with Gasteiger partial charge in [-0.25, -0.2) is 9.97 Å². The van der Waals surface area contributed by atoms with Gasteiger partial charge in [0.1, 0.15) is 0 Å². The monoisotopic (exact) mass is 708 g/mol. The summed E-state index contributed by atoms with van der Waals surface area (Å²) in [5.74, 6) is 0. The van der Waals surface area contributed by atoms with E-state index in [1.54, 1.807) is 0 Å². The molecule has 2 heteroatoms. The second kappa shape index (κ2) is 12.0. The molecule has 12 aromatic rings. The molecule has 0 radical (unpaired) electrons. The summed E-state index contributed by atoms with van der Waals surface area (Å²) >= 11 is 0. The highest BCUT2D eigenvalue weighted by molar-refractivity contribution is 6.27. The van der Waals surface area contributed by atoms with Crippen LogP contribution in [-0.4, -0.2) is 9.97 Å². The van der Waals surface area contributed by atoms with Gasteiger partial charge in [0.25, 0.3) is 0 Å². The third kappa shape index (κ3) is 4.50. The average Bonchev–Trinajstić information content (AvgIpc) is 3.27. The van der Waals surface area contributed by atoms with E-state index in [4.69, 9.17) is 9.97 Å². The number of nitrogens with zero attached hydrogens (tertiary/aromatic N) is 2. The summed E-state index contributed by atoms with van der Waals surface area (Å²) in [7, 11) is 0. The maximum absolute atomic E-state index is 5.56. The Bertz CT molecular complexity index is 3490.